The fourth-order valence-corrected chi connectivity index (χ4v) is 4.29. The van der Waals surface area contributed by atoms with Crippen molar-refractivity contribution in [3.63, 3.8) is 0 Å². The maximum absolute atomic E-state index is 13.2. The van der Waals surface area contributed by atoms with Gasteiger partial charge in [-0.15, -0.1) is 0 Å². The molecule has 0 bridgehead atoms. The Bertz CT molecular complexity index is 1380. The van der Waals surface area contributed by atoms with Crippen LogP contribution in [0, 0.1) is 5.92 Å². The van der Waals surface area contributed by atoms with Crippen molar-refractivity contribution >= 4 is 51.4 Å². The molecule has 4 rings (SSSR count). The van der Waals surface area contributed by atoms with Gasteiger partial charge >= 0.3 is 0 Å². The molecule has 2 heterocycles. The summed E-state index contributed by atoms with van der Waals surface area (Å²) in [4.78, 5) is 18.5. The zero-order valence-corrected chi connectivity index (χ0v) is 19.3. The van der Waals surface area contributed by atoms with Gasteiger partial charge in [-0.2, -0.15) is 0 Å². The smallest absolute Gasteiger partial charge is 0.259 e. The van der Waals surface area contributed by atoms with Gasteiger partial charge in [0.05, 0.1) is 16.8 Å². The van der Waals surface area contributed by atoms with Gasteiger partial charge in [0, 0.05) is 41.0 Å². The third-order valence-electron chi connectivity index (χ3n) is 5.28. The van der Waals surface area contributed by atoms with E-state index in [1.165, 1.54) is 0 Å². The van der Waals surface area contributed by atoms with E-state index in [4.69, 9.17) is 28.0 Å². The van der Waals surface area contributed by atoms with Crippen LogP contribution in [-0.4, -0.2) is 22.0 Å². The third-order valence-corrected chi connectivity index (χ3v) is 5.83. The van der Waals surface area contributed by atoms with Crippen LogP contribution in [0.1, 0.15) is 19.4 Å². The first-order valence-electron chi connectivity index (χ1n) is 10.0. The lowest BCUT2D eigenvalue weighted by molar-refractivity contribution is 0.120. The summed E-state index contributed by atoms with van der Waals surface area (Å²) in [6.07, 6.45) is 1.71. The van der Waals surface area contributed by atoms with Crippen molar-refractivity contribution in [3.05, 3.63) is 68.4 Å². The molecule has 5 nitrogen and oxygen atoms in total. The van der Waals surface area contributed by atoms with Gasteiger partial charge in [0.1, 0.15) is 12.3 Å². The Balaban J connectivity index is 1.91. The number of aromatic nitrogens is 2. The van der Waals surface area contributed by atoms with Crippen LogP contribution in [0.4, 0.5) is 0 Å². The molecule has 0 aliphatic carbocycles. The number of oxime groups is 1. The lowest BCUT2D eigenvalue weighted by atomic mass is 10.0. The van der Waals surface area contributed by atoms with Gasteiger partial charge in [-0.3, -0.25) is 9.36 Å². The number of nitrogens with zero attached hydrogens (tertiary/aromatic N) is 3. The van der Waals surface area contributed by atoms with Crippen molar-refractivity contribution in [1.29, 1.82) is 0 Å². The summed E-state index contributed by atoms with van der Waals surface area (Å²) < 4.78 is 3.69. The molecule has 0 amide bonds. The number of hydrogen-bond donors (Lipinski definition) is 0. The van der Waals surface area contributed by atoms with Crippen LogP contribution in [0.15, 0.2) is 52.4 Å². The van der Waals surface area contributed by atoms with E-state index in [1.807, 2.05) is 29.8 Å². The monoisotopic (exact) mass is 455 g/mol. The topological polar surface area (TPSA) is 48.5 Å². The maximum Gasteiger partial charge on any atom is 0.259 e. The molecule has 0 aliphatic heterocycles. The summed E-state index contributed by atoms with van der Waals surface area (Å²) in [5.41, 5.74) is 3.84. The van der Waals surface area contributed by atoms with Crippen LogP contribution in [0.2, 0.25) is 10.0 Å². The molecule has 31 heavy (non-hydrogen) atoms. The average Bonchev–Trinajstić information content (AvgIpc) is 3.00. The Morgan fingerprint density at radius 2 is 1.77 bits per heavy atom. The fourth-order valence-electron chi connectivity index (χ4n) is 3.78. The summed E-state index contributed by atoms with van der Waals surface area (Å²) in [5, 5.41) is 7.03. The Kier molecular flexibility index (Phi) is 5.82. The van der Waals surface area contributed by atoms with Gasteiger partial charge < -0.3 is 9.40 Å². The van der Waals surface area contributed by atoms with E-state index in [0.29, 0.717) is 33.7 Å². The summed E-state index contributed by atoms with van der Waals surface area (Å²) in [5.74, 6) is 0.414. The lowest BCUT2D eigenvalue weighted by Crippen LogP contribution is -2.20. The average molecular weight is 456 g/mol. The summed E-state index contributed by atoms with van der Waals surface area (Å²) in [6.45, 7) is 4.72. The van der Waals surface area contributed by atoms with Gasteiger partial charge in [0.25, 0.3) is 5.56 Å². The molecule has 0 aliphatic rings. The zero-order valence-electron chi connectivity index (χ0n) is 17.8. The van der Waals surface area contributed by atoms with Gasteiger partial charge in [-0.05, 0) is 41.8 Å². The van der Waals surface area contributed by atoms with Crippen molar-refractivity contribution in [3.8, 4) is 11.1 Å². The zero-order chi connectivity index (χ0) is 22.3. The number of aryl methyl sites for hydroxylation is 2. The molecule has 0 saturated heterocycles. The van der Waals surface area contributed by atoms with E-state index in [2.05, 4.69) is 25.1 Å². The van der Waals surface area contributed by atoms with Crippen molar-refractivity contribution in [2.24, 2.45) is 25.2 Å². The van der Waals surface area contributed by atoms with Crippen molar-refractivity contribution in [2.45, 2.75) is 13.8 Å². The predicted molar refractivity (Wildman–Crippen MR) is 130 cm³/mol. The fraction of sp³-hybridized carbons (Fsp3) is 0.250. The number of pyridine rings is 1. The second kappa shape index (κ2) is 8.40. The highest BCUT2D eigenvalue weighted by atomic mass is 35.5. The van der Waals surface area contributed by atoms with E-state index >= 15 is 0 Å². The van der Waals surface area contributed by atoms with Crippen LogP contribution < -0.4 is 5.56 Å². The highest BCUT2D eigenvalue weighted by molar-refractivity contribution is 6.36. The minimum absolute atomic E-state index is 0.119. The molecular weight excluding hydrogens is 433 g/mol. The molecule has 7 heteroatoms. The van der Waals surface area contributed by atoms with Crippen LogP contribution in [-0.2, 0) is 18.9 Å². The van der Waals surface area contributed by atoms with E-state index in [0.717, 1.165) is 27.5 Å². The van der Waals surface area contributed by atoms with Crippen LogP contribution in [0.25, 0.3) is 33.1 Å². The number of fused-ring (bicyclic) bond motifs is 3. The molecule has 0 fully saturated rings. The standard InChI is InChI=1S/C24H23Cl2N3O2/c1-14(2)13-31-27-12-15-5-8-22-18(9-15)19-11-20(17-7-6-16(25)10-21(17)26)24(30)29(4)23(19)28(22)3/h5-12,14H,13H2,1-4H3/b27-12+. The van der Waals surface area contributed by atoms with Crippen LogP contribution in [0.5, 0.6) is 0 Å². The second-order valence-electron chi connectivity index (χ2n) is 8.04. The SMILES string of the molecule is CC(C)CO/N=C/c1ccc2c(c1)c1cc(-c3ccc(Cl)cc3Cl)c(=O)n(C)c1n2C. The van der Waals surface area contributed by atoms with Crippen molar-refractivity contribution in [2.75, 3.05) is 6.61 Å². The minimum atomic E-state index is -0.119. The maximum atomic E-state index is 13.2. The highest BCUT2D eigenvalue weighted by Crippen LogP contribution is 2.33. The summed E-state index contributed by atoms with van der Waals surface area (Å²) in [6, 6.07) is 13.1. The molecule has 2 aromatic carbocycles. The van der Waals surface area contributed by atoms with Crippen molar-refractivity contribution in [1.82, 2.24) is 9.13 Å². The first-order valence-corrected chi connectivity index (χ1v) is 10.8. The number of benzene rings is 2. The van der Waals surface area contributed by atoms with E-state index < -0.39 is 0 Å². The summed E-state index contributed by atoms with van der Waals surface area (Å²) in [7, 11) is 3.73. The van der Waals surface area contributed by atoms with Gasteiger partial charge in [-0.25, -0.2) is 0 Å². The van der Waals surface area contributed by atoms with E-state index in [-0.39, 0.29) is 5.56 Å². The molecule has 0 saturated carbocycles. The highest BCUT2D eigenvalue weighted by Gasteiger charge is 2.17. The normalized spacial score (nSPS) is 12.0. The van der Waals surface area contributed by atoms with Gasteiger partial charge in [0.2, 0.25) is 0 Å². The molecule has 0 atom stereocenters. The molecule has 0 spiro atoms. The predicted octanol–water partition coefficient (Wildman–Crippen LogP) is 6.01. The lowest BCUT2D eigenvalue weighted by Gasteiger charge is -2.09. The Morgan fingerprint density at radius 1 is 1.00 bits per heavy atom. The van der Waals surface area contributed by atoms with Gasteiger partial charge in [-0.1, -0.05) is 54.3 Å². The van der Waals surface area contributed by atoms with Crippen LogP contribution in [0.3, 0.4) is 0 Å². The summed E-state index contributed by atoms with van der Waals surface area (Å²) >= 11 is 12.5. The number of hydrogen-bond acceptors (Lipinski definition) is 3. The largest absolute Gasteiger partial charge is 0.396 e. The first kappa shape index (κ1) is 21.5. The number of halogens is 2. The van der Waals surface area contributed by atoms with Gasteiger partial charge in [0.15, 0.2) is 0 Å². The molecular formula is C24H23Cl2N3O2. The second-order valence-corrected chi connectivity index (χ2v) is 8.89. The Morgan fingerprint density at radius 3 is 2.48 bits per heavy atom. The van der Waals surface area contributed by atoms with Crippen molar-refractivity contribution < 1.29 is 4.84 Å². The molecule has 160 valence electrons. The Hall–Kier alpha value is -2.76. The first-order chi connectivity index (χ1) is 14.8. The van der Waals surface area contributed by atoms with E-state index in [1.54, 1.807) is 36.0 Å². The van der Waals surface area contributed by atoms with E-state index in [9.17, 15) is 4.79 Å². The molecule has 4 aromatic rings. The third kappa shape index (κ3) is 3.95. The molecule has 2 aromatic heterocycles. The molecule has 0 radical (unpaired) electrons. The van der Waals surface area contributed by atoms with Crippen LogP contribution >= 0.6 is 23.2 Å². The molecule has 0 N–H and O–H groups in total. The minimum Gasteiger partial charge on any atom is -0.396 e. The molecule has 0 unspecified atom stereocenters. The Labute approximate surface area is 190 Å². The quantitative estimate of drug-likeness (QED) is 0.273. The number of rotatable bonds is 5.